The van der Waals surface area contributed by atoms with Crippen molar-refractivity contribution in [2.24, 2.45) is 0 Å². The lowest BCUT2D eigenvalue weighted by Crippen LogP contribution is -2.30. The van der Waals surface area contributed by atoms with E-state index in [1.165, 1.54) is 19.3 Å². The van der Waals surface area contributed by atoms with Crippen molar-refractivity contribution in [3.05, 3.63) is 78.5 Å². The number of hydrogen-bond donors (Lipinski definition) is 2. The Morgan fingerprint density at radius 2 is 1.56 bits per heavy atom. The van der Waals surface area contributed by atoms with Gasteiger partial charge in [0.15, 0.2) is 5.82 Å². The molecule has 7 nitrogen and oxygen atoms in total. The number of H-pyrrole nitrogens is 1. The number of hydrogen-bond acceptors (Lipinski definition) is 5. The van der Waals surface area contributed by atoms with E-state index in [0.29, 0.717) is 11.4 Å². The summed E-state index contributed by atoms with van der Waals surface area (Å²) >= 11 is 0. The minimum Gasteiger partial charge on any atom is -0.355 e. The van der Waals surface area contributed by atoms with Crippen LogP contribution in [0.1, 0.15) is 29.8 Å². The lowest BCUT2D eigenvalue weighted by atomic mass is 10.1. The van der Waals surface area contributed by atoms with Gasteiger partial charge in [0.1, 0.15) is 5.69 Å². The van der Waals surface area contributed by atoms with Crippen LogP contribution in [0, 0.1) is 0 Å². The van der Waals surface area contributed by atoms with Gasteiger partial charge in [-0.15, -0.1) is 10.2 Å². The molecule has 7 heteroatoms. The molecule has 2 N–H and O–H groups in total. The molecule has 4 aromatic rings. The van der Waals surface area contributed by atoms with Crippen LogP contribution < -0.4 is 10.2 Å². The molecule has 1 saturated heterocycles. The van der Waals surface area contributed by atoms with E-state index in [9.17, 15) is 4.79 Å². The summed E-state index contributed by atoms with van der Waals surface area (Å²) in [5.41, 5.74) is 4.56. The number of piperidine rings is 1. The monoisotopic (exact) mass is 424 g/mol. The predicted molar refractivity (Wildman–Crippen MR) is 126 cm³/mol. The highest BCUT2D eigenvalue weighted by Crippen LogP contribution is 2.23. The fourth-order valence-electron chi connectivity index (χ4n) is 3.89. The Bertz CT molecular complexity index is 1180. The Kier molecular flexibility index (Phi) is 5.61. The van der Waals surface area contributed by atoms with E-state index in [1.54, 1.807) is 6.07 Å². The van der Waals surface area contributed by atoms with E-state index in [-0.39, 0.29) is 5.91 Å². The van der Waals surface area contributed by atoms with Crippen LogP contribution in [0.2, 0.25) is 0 Å². The van der Waals surface area contributed by atoms with Crippen molar-refractivity contribution in [2.75, 3.05) is 23.3 Å². The molecule has 3 heterocycles. The van der Waals surface area contributed by atoms with Crippen LogP contribution in [0.25, 0.3) is 22.5 Å². The molecule has 0 bridgehead atoms. The van der Waals surface area contributed by atoms with E-state index in [4.69, 9.17) is 0 Å². The van der Waals surface area contributed by atoms with Gasteiger partial charge in [-0.05, 0) is 49.6 Å². The van der Waals surface area contributed by atoms with Crippen molar-refractivity contribution < 1.29 is 4.79 Å². The van der Waals surface area contributed by atoms with E-state index in [1.807, 2.05) is 66.7 Å². The van der Waals surface area contributed by atoms with Crippen molar-refractivity contribution >= 4 is 17.4 Å². The molecule has 5 rings (SSSR count). The molecular weight excluding hydrogens is 400 g/mol. The number of nitrogens with one attached hydrogen (secondary N) is 2. The number of anilines is 2. The summed E-state index contributed by atoms with van der Waals surface area (Å²) in [4.78, 5) is 14.9. The van der Waals surface area contributed by atoms with Crippen molar-refractivity contribution in [3.63, 3.8) is 0 Å². The second kappa shape index (κ2) is 9.01. The lowest BCUT2D eigenvalue weighted by molar-refractivity contribution is 0.102. The van der Waals surface area contributed by atoms with Gasteiger partial charge in [-0.2, -0.15) is 5.10 Å². The van der Waals surface area contributed by atoms with Crippen molar-refractivity contribution in [1.29, 1.82) is 0 Å². The number of amides is 1. The van der Waals surface area contributed by atoms with E-state index < -0.39 is 0 Å². The summed E-state index contributed by atoms with van der Waals surface area (Å²) in [6.07, 6.45) is 3.71. The van der Waals surface area contributed by atoms with Gasteiger partial charge in [-0.1, -0.05) is 42.5 Å². The lowest BCUT2D eigenvalue weighted by Gasteiger charge is -2.27. The molecule has 2 aromatic heterocycles. The van der Waals surface area contributed by atoms with E-state index in [0.717, 1.165) is 41.4 Å². The average molecular weight is 425 g/mol. The molecule has 0 unspecified atom stereocenters. The first kappa shape index (κ1) is 19.9. The van der Waals surface area contributed by atoms with Crippen LogP contribution >= 0.6 is 0 Å². The Morgan fingerprint density at radius 3 is 2.28 bits per heavy atom. The maximum absolute atomic E-state index is 12.6. The molecule has 0 aliphatic carbocycles. The van der Waals surface area contributed by atoms with Crippen LogP contribution in [-0.4, -0.2) is 39.4 Å². The number of aromatic amines is 1. The van der Waals surface area contributed by atoms with Gasteiger partial charge in [0, 0.05) is 29.9 Å². The quantitative estimate of drug-likeness (QED) is 0.482. The largest absolute Gasteiger partial charge is 0.355 e. The third-order valence-electron chi connectivity index (χ3n) is 5.66. The number of rotatable bonds is 5. The van der Waals surface area contributed by atoms with Gasteiger partial charge in [0.2, 0.25) is 0 Å². The Morgan fingerprint density at radius 1 is 0.812 bits per heavy atom. The highest BCUT2D eigenvalue weighted by molar-refractivity contribution is 6.03. The first-order chi connectivity index (χ1) is 15.8. The highest BCUT2D eigenvalue weighted by Gasteiger charge is 2.14. The summed E-state index contributed by atoms with van der Waals surface area (Å²) in [5, 5.41) is 18.8. The van der Waals surface area contributed by atoms with E-state index >= 15 is 0 Å². The van der Waals surface area contributed by atoms with Crippen LogP contribution in [0.5, 0.6) is 0 Å². The molecular formula is C25H24N6O. The first-order valence-corrected chi connectivity index (χ1v) is 10.9. The summed E-state index contributed by atoms with van der Waals surface area (Å²) in [5.74, 6) is 0.699. The summed E-state index contributed by atoms with van der Waals surface area (Å²) in [7, 11) is 0. The van der Waals surface area contributed by atoms with Crippen LogP contribution in [-0.2, 0) is 0 Å². The standard InChI is InChI=1S/C25H24N6O/c32-25(23-17-22(28-29-23)18-7-3-1-4-8-18)26-20-11-9-19(10-12-20)21-13-14-24(30-27-21)31-15-5-2-6-16-31/h1,3-4,7-14,17H,2,5-6,15-16H2,(H,26,32)(H,28,29). The van der Waals surface area contributed by atoms with E-state index in [2.05, 4.69) is 30.6 Å². The maximum Gasteiger partial charge on any atom is 0.273 e. The third-order valence-corrected chi connectivity index (χ3v) is 5.66. The summed E-state index contributed by atoms with van der Waals surface area (Å²) in [6, 6.07) is 23.1. The van der Waals surface area contributed by atoms with Crippen molar-refractivity contribution in [2.45, 2.75) is 19.3 Å². The molecule has 1 aliphatic rings. The number of aromatic nitrogens is 4. The van der Waals surface area contributed by atoms with Crippen molar-refractivity contribution in [1.82, 2.24) is 20.4 Å². The molecule has 2 aromatic carbocycles. The summed E-state index contributed by atoms with van der Waals surface area (Å²) < 4.78 is 0. The van der Waals surface area contributed by atoms with Crippen LogP contribution in [0.4, 0.5) is 11.5 Å². The van der Waals surface area contributed by atoms with Crippen LogP contribution in [0.15, 0.2) is 72.8 Å². The van der Waals surface area contributed by atoms with Crippen molar-refractivity contribution in [3.8, 4) is 22.5 Å². The van der Waals surface area contributed by atoms with Gasteiger partial charge < -0.3 is 10.2 Å². The minimum atomic E-state index is -0.238. The predicted octanol–water partition coefficient (Wildman–Crippen LogP) is 4.78. The van der Waals surface area contributed by atoms with Crippen LogP contribution in [0.3, 0.4) is 0 Å². The second-order valence-corrected chi connectivity index (χ2v) is 7.89. The Balaban J connectivity index is 1.24. The molecule has 0 spiro atoms. The van der Waals surface area contributed by atoms with Gasteiger partial charge in [0.05, 0.1) is 11.4 Å². The SMILES string of the molecule is O=C(Nc1ccc(-c2ccc(N3CCCCC3)nn2)cc1)c1cc(-c2ccccc2)n[nH]1. The maximum atomic E-state index is 12.6. The average Bonchev–Trinajstić information content (AvgIpc) is 3.37. The number of carbonyl (C=O) groups excluding carboxylic acids is 1. The molecule has 0 atom stereocenters. The third kappa shape index (κ3) is 4.37. The number of carbonyl (C=O) groups is 1. The molecule has 1 fully saturated rings. The number of benzene rings is 2. The highest BCUT2D eigenvalue weighted by atomic mass is 16.1. The zero-order valence-corrected chi connectivity index (χ0v) is 17.7. The fraction of sp³-hybridized carbons (Fsp3) is 0.200. The van der Waals surface area contributed by atoms with Gasteiger partial charge in [-0.25, -0.2) is 0 Å². The fourth-order valence-corrected chi connectivity index (χ4v) is 3.89. The van der Waals surface area contributed by atoms with Gasteiger partial charge >= 0.3 is 0 Å². The summed E-state index contributed by atoms with van der Waals surface area (Å²) in [6.45, 7) is 2.09. The Hall–Kier alpha value is -4.00. The smallest absolute Gasteiger partial charge is 0.273 e. The first-order valence-electron chi connectivity index (χ1n) is 10.9. The molecule has 0 radical (unpaired) electrons. The molecule has 1 amide bonds. The topological polar surface area (TPSA) is 86.8 Å². The Labute approximate surface area is 186 Å². The zero-order valence-electron chi connectivity index (χ0n) is 17.7. The molecule has 160 valence electrons. The zero-order chi connectivity index (χ0) is 21.8. The van der Waals surface area contributed by atoms with Gasteiger partial charge in [0.25, 0.3) is 5.91 Å². The molecule has 32 heavy (non-hydrogen) atoms. The molecule has 0 saturated carbocycles. The normalized spacial score (nSPS) is 13.7. The second-order valence-electron chi connectivity index (χ2n) is 7.89. The molecule has 1 aliphatic heterocycles. The van der Waals surface area contributed by atoms with Gasteiger partial charge in [-0.3, -0.25) is 9.89 Å². The minimum absolute atomic E-state index is 0.238. The number of nitrogens with zero attached hydrogens (tertiary/aromatic N) is 4.